The summed E-state index contributed by atoms with van der Waals surface area (Å²) in [6.07, 6.45) is 2.56. The van der Waals surface area contributed by atoms with E-state index in [-0.39, 0.29) is 29.4 Å². The van der Waals surface area contributed by atoms with Gasteiger partial charge in [0.05, 0.1) is 19.3 Å². The van der Waals surface area contributed by atoms with E-state index in [0.717, 1.165) is 76.4 Å². The minimum absolute atomic E-state index is 0. The number of morpholine rings is 1. The van der Waals surface area contributed by atoms with Gasteiger partial charge in [-0.2, -0.15) is 0 Å². The minimum Gasteiger partial charge on any atom is -0.379 e. The van der Waals surface area contributed by atoms with Crippen molar-refractivity contribution < 1.29 is 9.47 Å². The van der Waals surface area contributed by atoms with Crippen molar-refractivity contribution in [3.63, 3.8) is 0 Å². The van der Waals surface area contributed by atoms with Gasteiger partial charge < -0.3 is 24.7 Å². The molecule has 3 atom stereocenters. The average molecular weight is 547 g/mol. The number of nitrogens with zero attached hydrogens (tertiary/aromatic N) is 5. The number of fused-ring (bicyclic) bond motifs is 1. The van der Waals surface area contributed by atoms with Crippen LogP contribution in [0, 0.1) is 18.3 Å². The van der Waals surface area contributed by atoms with Crippen LogP contribution >= 0.6 is 24.0 Å². The van der Waals surface area contributed by atoms with E-state index in [4.69, 9.17) is 14.5 Å². The van der Waals surface area contributed by atoms with Crippen molar-refractivity contribution in [3.05, 3.63) is 11.6 Å². The lowest BCUT2D eigenvalue weighted by molar-refractivity contribution is -0.106. The summed E-state index contributed by atoms with van der Waals surface area (Å²) in [6.45, 7) is 13.6. The maximum absolute atomic E-state index is 5.95. The van der Waals surface area contributed by atoms with Gasteiger partial charge in [0.1, 0.15) is 12.4 Å². The molecular weight excluding hydrogens is 509 g/mol. The molecule has 0 bridgehead atoms. The third-order valence-electron chi connectivity index (χ3n) is 7.00. The summed E-state index contributed by atoms with van der Waals surface area (Å²) >= 11 is 0. The van der Waals surface area contributed by atoms with Crippen molar-refractivity contribution in [2.24, 2.45) is 23.4 Å². The second kappa shape index (κ2) is 10.8. The molecule has 3 fully saturated rings. The molecule has 0 radical (unpaired) electrons. The Hall–Kier alpha value is -0.980. The highest BCUT2D eigenvalue weighted by atomic mass is 127. The van der Waals surface area contributed by atoms with E-state index in [1.807, 2.05) is 18.5 Å². The lowest BCUT2D eigenvalue weighted by atomic mass is 9.57. The first-order valence-electron chi connectivity index (χ1n) is 11.3. The molecule has 2 N–H and O–H groups in total. The Balaban J connectivity index is 0.00000272. The van der Waals surface area contributed by atoms with Crippen molar-refractivity contribution in [1.29, 1.82) is 0 Å². The predicted octanol–water partition coefficient (Wildman–Crippen LogP) is 1.31. The number of aryl methyl sites for hydroxylation is 1. The molecule has 1 aromatic rings. The molecule has 4 rings (SSSR count). The van der Waals surface area contributed by atoms with E-state index in [2.05, 4.69) is 39.6 Å². The van der Waals surface area contributed by atoms with Gasteiger partial charge >= 0.3 is 0 Å². The van der Waals surface area contributed by atoms with E-state index >= 15 is 0 Å². The maximum atomic E-state index is 5.95. The molecule has 176 valence electrons. The smallest absolute Gasteiger partial charge is 0.191 e. The topological polar surface area (TPSA) is 88.8 Å². The van der Waals surface area contributed by atoms with Crippen molar-refractivity contribution >= 4 is 29.9 Å². The fourth-order valence-corrected chi connectivity index (χ4v) is 4.99. The number of aliphatic imine (C=N–C) groups is 1. The maximum Gasteiger partial charge on any atom is 0.191 e. The Morgan fingerprint density at radius 3 is 2.71 bits per heavy atom. The molecule has 1 aliphatic carbocycles. The summed E-state index contributed by atoms with van der Waals surface area (Å²) in [5.74, 6) is 3.20. The van der Waals surface area contributed by atoms with Gasteiger partial charge in [-0.15, -0.1) is 34.2 Å². The van der Waals surface area contributed by atoms with Crippen LogP contribution < -0.4 is 10.6 Å². The third-order valence-corrected chi connectivity index (χ3v) is 7.00. The van der Waals surface area contributed by atoms with Gasteiger partial charge in [-0.25, -0.2) is 4.99 Å². The number of nitrogens with one attached hydrogen (secondary N) is 2. The van der Waals surface area contributed by atoms with E-state index in [9.17, 15) is 0 Å². The van der Waals surface area contributed by atoms with Crippen molar-refractivity contribution in [2.45, 2.75) is 52.3 Å². The largest absolute Gasteiger partial charge is 0.379 e. The van der Waals surface area contributed by atoms with Crippen LogP contribution in [0.2, 0.25) is 0 Å². The van der Waals surface area contributed by atoms with Gasteiger partial charge in [-0.05, 0) is 26.3 Å². The molecule has 2 saturated heterocycles. The first kappa shape index (κ1) is 24.7. The molecule has 10 heteroatoms. The molecular formula is C21H38IN7O2. The summed E-state index contributed by atoms with van der Waals surface area (Å²) in [4.78, 5) is 7.32. The van der Waals surface area contributed by atoms with Crippen LogP contribution in [0.4, 0.5) is 0 Å². The molecule has 0 spiro atoms. The highest BCUT2D eigenvalue weighted by Crippen LogP contribution is 2.52. The third kappa shape index (κ3) is 5.51. The Morgan fingerprint density at radius 1 is 1.23 bits per heavy atom. The molecule has 3 unspecified atom stereocenters. The Kier molecular flexibility index (Phi) is 8.56. The van der Waals surface area contributed by atoms with Crippen LogP contribution in [0.15, 0.2) is 4.99 Å². The van der Waals surface area contributed by atoms with Gasteiger partial charge in [0.15, 0.2) is 11.8 Å². The number of rotatable bonds is 7. The van der Waals surface area contributed by atoms with Crippen molar-refractivity contribution in [1.82, 2.24) is 30.3 Å². The minimum atomic E-state index is 0. The van der Waals surface area contributed by atoms with E-state index in [1.165, 1.54) is 0 Å². The second-order valence-electron chi connectivity index (χ2n) is 9.31. The number of aromatic nitrogens is 3. The Bertz CT molecular complexity index is 748. The Morgan fingerprint density at radius 2 is 2.00 bits per heavy atom. The summed E-state index contributed by atoms with van der Waals surface area (Å²) in [5, 5.41) is 15.7. The summed E-state index contributed by atoms with van der Waals surface area (Å²) < 4.78 is 13.4. The number of hydrogen-bond acceptors (Lipinski definition) is 6. The molecule has 0 aromatic carbocycles. The predicted molar refractivity (Wildman–Crippen MR) is 131 cm³/mol. The molecule has 0 amide bonds. The summed E-state index contributed by atoms with van der Waals surface area (Å²) in [5.41, 5.74) is 0.110. The summed E-state index contributed by atoms with van der Waals surface area (Å²) in [6, 6.07) is 0.372. The molecule has 3 aliphatic rings. The van der Waals surface area contributed by atoms with Crippen LogP contribution in [-0.2, 0) is 23.1 Å². The van der Waals surface area contributed by atoms with Crippen LogP contribution in [0.3, 0.4) is 0 Å². The monoisotopic (exact) mass is 547 g/mol. The SMILES string of the molecule is Cc1nnc(CN=C(NCCCN2CCOCC2)NC2C3CCOC3C2(C)C)n1C.I. The summed E-state index contributed by atoms with van der Waals surface area (Å²) in [7, 11) is 1.98. The van der Waals surface area contributed by atoms with Crippen LogP contribution in [0.1, 0.15) is 38.3 Å². The fraction of sp³-hybridized carbons (Fsp3) is 0.857. The highest BCUT2D eigenvalue weighted by Gasteiger charge is 2.59. The Labute approximate surface area is 202 Å². The van der Waals surface area contributed by atoms with Crippen molar-refractivity contribution in [3.8, 4) is 0 Å². The lowest BCUT2D eigenvalue weighted by Crippen LogP contribution is -2.68. The zero-order valence-electron chi connectivity index (χ0n) is 19.3. The molecule has 31 heavy (non-hydrogen) atoms. The van der Waals surface area contributed by atoms with Crippen LogP contribution in [0.5, 0.6) is 0 Å². The van der Waals surface area contributed by atoms with Gasteiger partial charge in [0, 0.05) is 50.7 Å². The quantitative estimate of drug-likeness (QED) is 0.231. The standard InChI is InChI=1S/C21H37N7O2.HI/c1-15-25-26-17(27(15)4)14-23-20(22-7-5-8-28-9-12-29-13-10-28)24-18-16-6-11-30-19(16)21(18,2)3;/h16,18-19H,5-14H2,1-4H3,(H2,22,23,24);1H. The lowest BCUT2D eigenvalue weighted by Gasteiger charge is -2.54. The van der Waals surface area contributed by atoms with Crippen LogP contribution in [0.25, 0.3) is 0 Å². The fourth-order valence-electron chi connectivity index (χ4n) is 4.99. The van der Waals surface area contributed by atoms with Gasteiger partial charge in [0.25, 0.3) is 0 Å². The molecule has 1 saturated carbocycles. The molecule has 2 aliphatic heterocycles. The number of ether oxygens (including phenoxy) is 2. The van der Waals surface area contributed by atoms with Crippen LogP contribution in [-0.4, -0.2) is 83.8 Å². The second-order valence-corrected chi connectivity index (χ2v) is 9.31. The van der Waals surface area contributed by atoms with E-state index < -0.39 is 0 Å². The molecule has 3 heterocycles. The van der Waals surface area contributed by atoms with Crippen molar-refractivity contribution in [2.75, 3.05) is 46.0 Å². The van der Waals surface area contributed by atoms with E-state index in [1.54, 1.807) is 0 Å². The first-order chi connectivity index (χ1) is 14.5. The first-order valence-corrected chi connectivity index (χ1v) is 11.3. The van der Waals surface area contributed by atoms with Gasteiger partial charge in [0.2, 0.25) is 0 Å². The average Bonchev–Trinajstić information content (AvgIpc) is 3.33. The number of hydrogen-bond donors (Lipinski definition) is 2. The zero-order chi connectivity index (χ0) is 21.1. The molecule has 9 nitrogen and oxygen atoms in total. The number of halogens is 1. The van der Waals surface area contributed by atoms with Gasteiger partial charge in [-0.3, -0.25) is 4.90 Å². The van der Waals surface area contributed by atoms with E-state index in [0.29, 0.717) is 24.6 Å². The normalized spacial score (nSPS) is 27.9. The zero-order valence-corrected chi connectivity index (χ0v) is 21.6. The molecule has 1 aromatic heterocycles. The number of guanidine groups is 1. The van der Waals surface area contributed by atoms with Gasteiger partial charge in [-0.1, -0.05) is 13.8 Å². The highest BCUT2D eigenvalue weighted by molar-refractivity contribution is 14.0.